The van der Waals surface area contributed by atoms with Crippen molar-refractivity contribution in [1.29, 1.82) is 0 Å². The van der Waals surface area contributed by atoms with E-state index < -0.39 is 0 Å². The lowest BCUT2D eigenvalue weighted by Gasteiger charge is -2.11. The van der Waals surface area contributed by atoms with Gasteiger partial charge in [0.25, 0.3) is 0 Å². The molecule has 0 radical (unpaired) electrons. The Kier molecular flexibility index (Phi) is 4.81. The van der Waals surface area contributed by atoms with Gasteiger partial charge < -0.3 is 10.7 Å². The number of nitrogens with one attached hydrogen (secondary N) is 2. The van der Waals surface area contributed by atoms with Crippen molar-refractivity contribution >= 4 is 29.1 Å². The van der Waals surface area contributed by atoms with Crippen LogP contribution in [-0.4, -0.2) is 16.2 Å². The maximum absolute atomic E-state index is 5.42. The Balaban J connectivity index is 2.27. The Morgan fingerprint density at radius 2 is 1.95 bits per heavy atom. The predicted molar refractivity (Wildman–Crippen MR) is 85.5 cm³/mol. The van der Waals surface area contributed by atoms with Crippen LogP contribution in [0.1, 0.15) is 18.1 Å². The first-order chi connectivity index (χ1) is 9.66. The number of rotatable bonds is 5. The maximum Gasteiger partial charge on any atom is 0.191 e. The van der Waals surface area contributed by atoms with E-state index in [4.69, 9.17) is 5.84 Å². The van der Waals surface area contributed by atoms with Crippen molar-refractivity contribution in [2.24, 2.45) is 5.84 Å². The molecule has 0 saturated heterocycles. The van der Waals surface area contributed by atoms with E-state index in [1.807, 2.05) is 6.26 Å². The van der Waals surface area contributed by atoms with Crippen molar-refractivity contribution in [3.05, 3.63) is 35.4 Å². The molecular formula is C14H19N5S. The molecule has 5 nitrogen and oxygen atoms in total. The van der Waals surface area contributed by atoms with Gasteiger partial charge in [-0.2, -0.15) is 0 Å². The van der Waals surface area contributed by atoms with Crippen LogP contribution in [0.15, 0.2) is 29.4 Å². The standard InChI is InChI=1S/C14H19N5S/c1-4-10-5-6-11(7-9(10)2)16-12-8-13(19-15)18-14(17-12)20-3/h5-8H,4,15H2,1-3H3,(H2,16,17,18,19). The fourth-order valence-electron chi connectivity index (χ4n) is 1.97. The summed E-state index contributed by atoms with van der Waals surface area (Å²) in [5.74, 6) is 6.73. The number of hydrogen-bond donors (Lipinski definition) is 3. The lowest BCUT2D eigenvalue weighted by atomic mass is 10.1. The van der Waals surface area contributed by atoms with E-state index in [9.17, 15) is 0 Å². The van der Waals surface area contributed by atoms with Crippen LogP contribution in [0.2, 0.25) is 0 Å². The number of aromatic nitrogens is 2. The van der Waals surface area contributed by atoms with Gasteiger partial charge >= 0.3 is 0 Å². The Morgan fingerprint density at radius 3 is 2.55 bits per heavy atom. The first kappa shape index (κ1) is 14.6. The number of hydrazine groups is 1. The van der Waals surface area contributed by atoms with Crippen molar-refractivity contribution in [3.63, 3.8) is 0 Å². The molecule has 0 atom stereocenters. The molecule has 2 aromatic rings. The molecule has 0 unspecified atom stereocenters. The summed E-state index contributed by atoms with van der Waals surface area (Å²) in [7, 11) is 0. The topological polar surface area (TPSA) is 75.9 Å². The molecule has 4 N–H and O–H groups in total. The van der Waals surface area contributed by atoms with Gasteiger partial charge in [0.05, 0.1) is 0 Å². The van der Waals surface area contributed by atoms with Crippen LogP contribution in [0, 0.1) is 6.92 Å². The van der Waals surface area contributed by atoms with E-state index in [2.05, 4.69) is 52.8 Å². The molecule has 0 bridgehead atoms. The van der Waals surface area contributed by atoms with Gasteiger partial charge in [-0.05, 0) is 42.9 Å². The molecule has 0 aliphatic heterocycles. The molecular weight excluding hydrogens is 270 g/mol. The SMILES string of the molecule is CCc1ccc(Nc2cc(NN)nc(SC)n2)cc1C. The number of nitrogens with two attached hydrogens (primary N) is 1. The first-order valence-corrected chi connectivity index (χ1v) is 7.65. The fraction of sp³-hybridized carbons (Fsp3) is 0.286. The summed E-state index contributed by atoms with van der Waals surface area (Å²) < 4.78 is 0. The van der Waals surface area contributed by atoms with Crippen LogP contribution in [0.3, 0.4) is 0 Å². The average Bonchev–Trinajstić information content (AvgIpc) is 2.47. The van der Waals surface area contributed by atoms with Gasteiger partial charge in [-0.25, -0.2) is 15.8 Å². The molecule has 1 aromatic heterocycles. The summed E-state index contributed by atoms with van der Waals surface area (Å²) in [5, 5.41) is 3.96. The summed E-state index contributed by atoms with van der Waals surface area (Å²) in [6.07, 6.45) is 2.97. The molecule has 0 fully saturated rings. The van der Waals surface area contributed by atoms with E-state index in [0.717, 1.165) is 17.9 Å². The van der Waals surface area contributed by atoms with Gasteiger partial charge in [-0.15, -0.1) is 0 Å². The smallest absolute Gasteiger partial charge is 0.191 e. The highest BCUT2D eigenvalue weighted by Gasteiger charge is 2.05. The molecule has 6 heteroatoms. The molecule has 20 heavy (non-hydrogen) atoms. The zero-order valence-electron chi connectivity index (χ0n) is 11.9. The van der Waals surface area contributed by atoms with Crippen LogP contribution in [0.25, 0.3) is 0 Å². The van der Waals surface area contributed by atoms with E-state index in [0.29, 0.717) is 11.0 Å². The number of nitrogen functional groups attached to an aromatic ring is 1. The van der Waals surface area contributed by atoms with Crippen LogP contribution in [0.4, 0.5) is 17.3 Å². The zero-order valence-corrected chi connectivity index (χ0v) is 12.7. The zero-order chi connectivity index (χ0) is 14.5. The Morgan fingerprint density at radius 1 is 1.20 bits per heavy atom. The molecule has 0 saturated carbocycles. The summed E-state index contributed by atoms with van der Waals surface area (Å²) in [5.41, 5.74) is 6.19. The number of hydrogen-bond acceptors (Lipinski definition) is 6. The number of anilines is 3. The van der Waals surface area contributed by atoms with E-state index in [1.54, 1.807) is 6.07 Å². The van der Waals surface area contributed by atoms with Crippen molar-refractivity contribution in [3.8, 4) is 0 Å². The molecule has 0 aliphatic carbocycles. The van der Waals surface area contributed by atoms with Gasteiger partial charge in [-0.1, -0.05) is 24.8 Å². The van der Waals surface area contributed by atoms with Crippen molar-refractivity contribution in [2.45, 2.75) is 25.4 Å². The minimum absolute atomic E-state index is 0.591. The first-order valence-electron chi connectivity index (χ1n) is 6.42. The monoisotopic (exact) mass is 289 g/mol. The van der Waals surface area contributed by atoms with Gasteiger partial charge in [-0.3, -0.25) is 0 Å². The van der Waals surface area contributed by atoms with E-state index >= 15 is 0 Å². The largest absolute Gasteiger partial charge is 0.340 e. The highest BCUT2D eigenvalue weighted by Crippen LogP contribution is 2.22. The minimum atomic E-state index is 0.591. The number of aryl methyl sites for hydroxylation is 2. The molecule has 106 valence electrons. The lowest BCUT2D eigenvalue weighted by Crippen LogP contribution is -2.10. The Hall–Kier alpha value is -1.79. The third kappa shape index (κ3) is 3.40. The van der Waals surface area contributed by atoms with Crippen LogP contribution in [0.5, 0.6) is 0 Å². The van der Waals surface area contributed by atoms with E-state index in [-0.39, 0.29) is 0 Å². The van der Waals surface area contributed by atoms with Gasteiger partial charge in [0.15, 0.2) is 5.16 Å². The summed E-state index contributed by atoms with van der Waals surface area (Å²) in [6.45, 7) is 4.27. The van der Waals surface area contributed by atoms with Crippen molar-refractivity contribution in [2.75, 3.05) is 17.0 Å². The minimum Gasteiger partial charge on any atom is -0.340 e. The predicted octanol–water partition coefficient (Wildman–Crippen LogP) is 3.10. The lowest BCUT2D eigenvalue weighted by molar-refractivity contribution is 0.971. The fourth-order valence-corrected chi connectivity index (χ4v) is 2.35. The second kappa shape index (κ2) is 6.58. The van der Waals surface area contributed by atoms with Crippen molar-refractivity contribution < 1.29 is 0 Å². The number of benzene rings is 1. The molecule has 0 amide bonds. The molecule has 2 rings (SSSR count). The van der Waals surface area contributed by atoms with Crippen LogP contribution >= 0.6 is 11.8 Å². The summed E-state index contributed by atoms with van der Waals surface area (Å²) in [6, 6.07) is 8.09. The van der Waals surface area contributed by atoms with Gasteiger partial charge in [0, 0.05) is 11.8 Å². The van der Waals surface area contributed by atoms with E-state index in [1.165, 1.54) is 22.9 Å². The quantitative estimate of drug-likeness (QED) is 0.340. The van der Waals surface area contributed by atoms with Gasteiger partial charge in [0.2, 0.25) is 0 Å². The molecule has 0 spiro atoms. The second-order valence-corrected chi connectivity index (χ2v) is 5.16. The van der Waals surface area contributed by atoms with Gasteiger partial charge in [0.1, 0.15) is 11.6 Å². The average molecular weight is 289 g/mol. The Labute approximate surface area is 123 Å². The molecule has 1 aromatic carbocycles. The Bertz CT molecular complexity index is 578. The maximum atomic E-state index is 5.42. The number of thioether (sulfide) groups is 1. The number of nitrogens with zero attached hydrogens (tertiary/aromatic N) is 2. The third-order valence-corrected chi connectivity index (χ3v) is 3.58. The summed E-state index contributed by atoms with van der Waals surface area (Å²) in [4.78, 5) is 8.65. The highest BCUT2D eigenvalue weighted by atomic mass is 32.2. The molecule has 0 aliphatic rings. The summed E-state index contributed by atoms with van der Waals surface area (Å²) >= 11 is 1.47. The van der Waals surface area contributed by atoms with Crippen LogP contribution in [-0.2, 0) is 6.42 Å². The van der Waals surface area contributed by atoms with Crippen LogP contribution < -0.4 is 16.6 Å². The highest BCUT2D eigenvalue weighted by molar-refractivity contribution is 7.98. The molecule has 1 heterocycles. The normalized spacial score (nSPS) is 10.4. The third-order valence-electron chi connectivity index (χ3n) is 3.03. The second-order valence-electron chi connectivity index (χ2n) is 4.39. The van der Waals surface area contributed by atoms with Crippen molar-refractivity contribution in [1.82, 2.24) is 9.97 Å².